The minimum absolute atomic E-state index is 0.0157. The number of rotatable bonds is 3. The Balaban J connectivity index is 2.30. The molecule has 17 heavy (non-hydrogen) atoms. The van der Waals surface area contributed by atoms with Gasteiger partial charge in [-0.05, 0) is 15.9 Å². The molecule has 1 aromatic rings. The van der Waals surface area contributed by atoms with E-state index in [9.17, 15) is 5.11 Å². The second-order valence-electron chi connectivity index (χ2n) is 3.61. The van der Waals surface area contributed by atoms with Crippen molar-refractivity contribution in [1.82, 2.24) is 9.97 Å². The summed E-state index contributed by atoms with van der Waals surface area (Å²) < 4.78 is 6.08. The molecule has 4 N–H and O–H groups in total. The number of aliphatic hydroxyl groups excluding tert-OH is 1. The molecule has 1 aliphatic rings. The molecule has 0 amide bonds. The number of hydrogen-bond acceptors (Lipinski definition) is 7. The van der Waals surface area contributed by atoms with Gasteiger partial charge in [-0.25, -0.2) is 10.8 Å². The highest BCUT2D eigenvalue weighted by Crippen LogP contribution is 2.26. The SMILES string of the molecule is NNc1ncc(Br)c(N2CCOCC2CO)n1. The van der Waals surface area contributed by atoms with Gasteiger partial charge in [-0.2, -0.15) is 4.98 Å². The predicted molar refractivity (Wildman–Crippen MR) is 66.6 cm³/mol. The van der Waals surface area contributed by atoms with E-state index in [0.717, 1.165) is 4.47 Å². The molecular formula is C9H14BrN5O2. The number of aliphatic hydroxyl groups is 1. The van der Waals surface area contributed by atoms with Crippen molar-refractivity contribution in [2.24, 2.45) is 5.84 Å². The van der Waals surface area contributed by atoms with Crippen LogP contribution in [0.5, 0.6) is 0 Å². The van der Waals surface area contributed by atoms with E-state index in [1.54, 1.807) is 6.20 Å². The molecule has 0 aliphatic carbocycles. The number of nitrogen functional groups attached to an aromatic ring is 1. The normalized spacial score (nSPS) is 20.4. The minimum Gasteiger partial charge on any atom is -0.394 e. The Labute approximate surface area is 107 Å². The maximum atomic E-state index is 9.32. The monoisotopic (exact) mass is 303 g/mol. The molecule has 2 heterocycles. The van der Waals surface area contributed by atoms with Gasteiger partial charge in [0.05, 0.1) is 30.3 Å². The van der Waals surface area contributed by atoms with Crippen LogP contribution in [0.15, 0.2) is 10.7 Å². The lowest BCUT2D eigenvalue weighted by atomic mass is 10.2. The van der Waals surface area contributed by atoms with E-state index in [2.05, 4.69) is 31.3 Å². The molecule has 1 fully saturated rings. The summed E-state index contributed by atoms with van der Waals surface area (Å²) in [4.78, 5) is 10.2. The second kappa shape index (κ2) is 5.58. The third-order valence-corrected chi connectivity index (χ3v) is 3.12. The standard InChI is InChI=1S/C9H14BrN5O2/c10-7-3-12-9(14-11)13-8(7)15-1-2-17-5-6(15)4-16/h3,6,16H,1-2,4-5,11H2,(H,12,13,14). The van der Waals surface area contributed by atoms with E-state index in [0.29, 0.717) is 31.5 Å². The van der Waals surface area contributed by atoms with Crippen LogP contribution in [-0.2, 0) is 4.74 Å². The number of hydrazine groups is 1. The van der Waals surface area contributed by atoms with Gasteiger partial charge >= 0.3 is 0 Å². The summed E-state index contributed by atoms with van der Waals surface area (Å²) >= 11 is 3.39. The molecule has 1 aromatic heterocycles. The Morgan fingerprint density at radius 3 is 3.24 bits per heavy atom. The van der Waals surface area contributed by atoms with Gasteiger partial charge in [-0.1, -0.05) is 0 Å². The van der Waals surface area contributed by atoms with Crippen LogP contribution in [0.4, 0.5) is 11.8 Å². The number of ether oxygens (including phenoxy) is 1. The summed E-state index contributed by atoms with van der Waals surface area (Å²) in [5.41, 5.74) is 2.40. The van der Waals surface area contributed by atoms with Crippen molar-refractivity contribution in [1.29, 1.82) is 0 Å². The van der Waals surface area contributed by atoms with E-state index in [-0.39, 0.29) is 12.6 Å². The van der Waals surface area contributed by atoms with Crippen LogP contribution in [0, 0.1) is 0 Å². The number of hydrogen-bond donors (Lipinski definition) is 3. The summed E-state index contributed by atoms with van der Waals surface area (Å²) in [7, 11) is 0. The Bertz CT molecular complexity index is 392. The highest BCUT2D eigenvalue weighted by Gasteiger charge is 2.25. The number of nitrogens with zero attached hydrogens (tertiary/aromatic N) is 3. The summed E-state index contributed by atoms with van der Waals surface area (Å²) in [5, 5.41) is 9.32. The topological polar surface area (TPSA) is 96.5 Å². The molecule has 1 atom stereocenters. The van der Waals surface area contributed by atoms with Crippen molar-refractivity contribution in [3.8, 4) is 0 Å². The molecule has 0 aromatic carbocycles. The van der Waals surface area contributed by atoms with E-state index in [4.69, 9.17) is 10.6 Å². The Kier molecular flexibility index (Phi) is 4.11. The molecule has 94 valence electrons. The molecule has 0 radical (unpaired) electrons. The van der Waals surface area contributed by atoms with Crippen LogP contribution in [0.1, 0.15) is 0 Å². The van der Waals surface area contributed by atoms with Crippen molar-refractivity contribution in [2.75, 3.05) is 36.7 Å². The van der Waals surface area contributed by atoms with Crippen molar-refractivity contribution >= 4 is 27.7 Å². The van der Waals surface area contributed by atoms with Gasteiger partial charge in [-0.15, -0.1) is 0 Å². The fourth-order valence-corrected chi connectivity index (χ4v) is 2.13. The quantitative estimate of drug-likeness (QED) is 0.522. The van der Waals surface area contributed by atoms with Crippen LogP contribution in [-0.4, -0.2) is 47.5 Å². The maximum Gasteiger partial charge on any atom is 0.239 e. The fourth-order valence-electron chi connectivity index (χ4n) is 1.71. The minimum atomic E-state index is -0.0967. The largest absolute Gasteiger partial charge is 0.394 e. The molecule has 8 heteroatoms. The molecular weight excluding hydrogens is 290 g/mol. The third-order valence-electron chi connectivity index (χ3n) is 2.57. The molecule has 1 saturated heterocycles. The molecule has 1 unspecified atom stereocenters. The van der Waals surface area contributed by atoms with Crippen LogP contribution in [0.25, 0.3) is 0 Å². The number of halogens is 1. The van der Waals surface area contributed by atoms with Crippen LogP contribution >= 0.6 is 15.9 Å². The van der Waals surface area contributed by atoms with Gasteiger partial charge in [0.25, 0.3) is 0 Å². The summed E-state index contributed by atoms with van der Waals surface area (Å²) in [6, 6.07) is -0.0967. The maximum absolute atomic E-state index is 9.32. The predicted octanol–water partition coefficient (Wildman–Crippen LogP) is -0.278. The highest BCUT2D eigenvalue weighted by atomic mass is 79.9. The summed E-state index contributed by atoms with van der Waals surface area (Å²) in [5.74, 6) is 6.33. The molecule has 0 spiro atoms. The molecule has 2 rings (SSSR count). The third kappa shape index (κ3) is 2.65. The van der Waals surface area contributed by atoms with Crippen LogP contribution < -0.4 is 16.2 Å². The molecule has 1 aliphatic heterocycles. The van der Waals surface area contributed by atoms with Gasteiger partial charge in [-0.3, -0.25) is 5.43 Å². The number of anilines is 2. The zero-order valence-corrected chi connectivity index (χ0v) is 10.7. The van der Waals surface area contributed by atoms with Crippen LogP contribution in [0.3, 0.4) is 0 Å². The van der Waals surface area contributed by atoms with Crippen molar-refractivity contribution in [2.45, 2.75) is 6.04 Å². The highest BCUT2D eigenvalue weighted by molar-refractivity contribution is 9.10. The van der Waals surface area contributed by atoms with Crippen molar-refractivity contribution in [3.63, 3.8) is 0 Å². The van der Waals surface area contributed by atoms with Gasteiger partial charge < -0.3 is 14.7 Å². The van der Waals surface area contributed by atoms with Gasteiger partial charge in [0.15, 0.2) is 0 Å². The summed E-state index contributed by atoms with van der Waals surface area (Å²) in [6.07, 6.45) is 1.63. The summed E-state index contributed by atoms with van der Waals surface area (Å²) in [6.45, 7) is 1.78. The van der Waals surface area contributed by atoms with Crippen LogP contribution in [0.2, 0.25) is 0 Å². The second-order valence-corrected chi connectivity index (χ2v) is 4.47. The lowest BCUT2D eigenvalue weighted by Gasteiger charge is -2.35. The lowest BCUT2D eigenvalue weighted by molar-refractivity contribution is 0.0722. The Morgan fingerprint density at radius 1 is 1.71 bits per heavy atom. The average molecular weight is 304 g/mol. The Morgan fingerprint density at radius 2 is 2.53 bits per heavy atom. The van der Waals surface area contributed by atoms with Gasteiger partial charge in [0, 0.05) is 12.7 Å². The van der Waals surface area contributed by atoms with Crippen molar-refractivity contribution in [3.05, 3.63) is 10.7 Å². The van der Waals surface area contributed by atoms with E-state index < -0.39 is 0 Å². The number of aromatic nitrogens is 2. The Hall–Kier alpha value is -0.960. The lowest BCUT2D eigenvalue weighted by Crippen LogP contribution is -2.48. The van der Waals surface area contributed by atoms with E-state index in [1.807, 2.05) is 4.90 Å². The van der Waals surface area contributed by atoms with Crippen molar-refractivity contribution < 1.29 is 9.84 Å². The van der Waals surface area contributed by atoms with Gasteiger partial charge in [0.2, 0.25) is 5.95 Å². The zero-order valence-electron chi connectivity index (χ0n) is 9.14. The first-order valence-electron chi connectivity index (χ1n) is 5.20. The van der Waals surface area contributed by atoms with E-state index >= 15 is 0 Å². The average Bonchev–Trinajstić information content (AvgIpc) is 2.39. The first-order chi connectivity index (χ1) is 8.26. The number of nitrogens with two attached hydrogens (primary N) is 1. The zero-order chi connectivity index (χ0) is 12.3. The number of morpholine rings is 1. The molecule has 7 nitrogen and oxygen atoms in total. The number of nitrogens with one attached hydrogen (secondary N) is 1. The van der Waals surface area contributed by atoms with Gasteiger partial charge in [0.1, 0.15) is 5.82 Å². The molecule has 0 bridgehead atoms. The smallest absolute Gasteiger partial charge is 0.239 e. The first kappa shape index (κ1) is 12.5. The fraction of sp³-hybridized carbons (Fsp3) is 0.556. The van der Waals surface area contributed by atoms with E-state index in [1.165, 1.54) is 0 Å². The first-order valence-corrected chi connectivity index (χ1v) is 6.00. The molecule has 0 saturated carbocycles.